The van der Waals surface area contributed by atoms with E-state index in [0.717, 1.165) is 25.7 Å². The molecule has 0 aromatic rings. The highest BCUT2D eigenvalue weighted by atomic mass is 16.1. The molecule has 26 heavy (non-hydrogen) atoms. The maximum absolute atomic E-state index is 10.9. The maximum Gasteiger partial charge on any atom is 0.137 e. The van der Waals surface area contributed by atoms with E-state index in [4.69, 9.17) is 0 Å². The normalized spacial score (nSPS) is 13.9. The van der Waals surface area contributed by atoms with E-state index < -0.39 is 0 Å². The van der Waals surface area contributed by atoms with Gasteiger partial charge in [0.2, 0.25) is 0 Å². The molecule has 0 rings (SSSR count). The van der Waals surface area contributed by atoms with Crippen LogP contribution in [0.2, 0.25) is 0 Å². The van der Waals surface area contributed by atoms with Gasteiger partial charge in [-0.15, -0.1) is 0 Å². The first-order valence-corrected chi connectivity index (χ1v) is 10.9. The third-order valence-electron chi connectivity index (χ3n) is 5.09. The second-order valence-electron chi connectivity index (χ2n) is 8.26. The van der Waals surface area contributed by atoms with Crippen LogP contribution >= 0.6 is 0 Å². The molecule has 154 valence electrons. The van der Waals surface area contributed by atoms with Gasteiger partial charge in [0.15, 0.2) is 0 Å². The first kappa shape index (κ1) is 25.3. The number of unbranched alkanes of at least 4 members (excludes halogenated alkanes) is 9. The molecule has 4 heteroatoms. The molecular weight excluding hydrogens is 324 g/mol. The van der Waals surface area contributed by atoms with E-state index in [9.17, 15) is 9.59 Å². The van der Waals surface area contributed by atoms with Crippen LogP contribution in [-0.2, 0) is 9.59 Å². The van der Waals surface area contributed by atoms with Crippen LogP contribution in [0.15, 0.2) is 0 Å². The van der Waals surface area contributed by atoms with E-state index in [-0.39, 0.29) is 12.1 Å². The topological polar surface area (TPSA) is 58.2 Å². The molecule has 2 unspecified atom stereocenters. The molecule has 0 bridgehead atoms. The highest BCUT2D eigenvalue weighted by molar-refractivity contribution is 5.58. The Labute approximate surface area is 162 Å². The van der Waals surface area contributed by atoms with Crippen molar-refractivity contribution < 1.29 is 9.59 Å². The van der Waals surface area contributed by atoms with Crippen LogP contribution in [0.5, 0.6) is 0 Å². The maximum atomic E-state index is 10.9. The van der Waals surface area contributed by atoms with Gasteiger partial charge in [-0.25, -0.2) is 0 Å². The molecule has 0 radical (unpaired) electrons. The van der Waals surface area contributed by atoms with Gasteiger partial charge < -0.3 is 20.2 Å². The zero-order valence-electron chi connectivity index (χ0n) is 17.8. The molecule has 0 saturated carbocycles. The third-order valence-corrected chi connectivity index (χ3v) is 5.09. The molecule has 0 aromatic heterocycles. The largest absolute Gasteiger partial charge is 0.308 e. The number of nitrogens with one attached hydrogen (secondary N) is 2. The minimum atomic E-state index is 0.0138. The lowest BCUT2D eigenvalue weighted by atomic mass is 10.0. The average Bonchev–Trinajstić information content (AvgIpc) is 2.61. The molecule has 0 saturated heterocycles. The molecule has 0 aliphatic rings. The Hall–Kier alpha value is -0.740. The summed E-state index contributed by atoms with van der Waals surface area (Å²) in [6, 6.07) is 0.0276. The number of hydrogen-bond acceptors (Lipinski definition) is 4. The second kappa shape index (κ2) is 17.7. The number of aldehydes is 2. The summed E-state index contributed by atoms with van der Waals surface area (Å²) in [6.45, 7) is 10.2. The standard InChI is InChI=1S/C22H44N2O2/c1-19(2)21(17-25)23-15-13-11-9-7-5-6-8-10-12-14-16-24-22(18-26)20(3)4/h17-24H,5-16H2,1-4H3. The van der Waals surface area contributed by atoms with E-state index >= 15 is 0 Å². The Balaban J connectivity index is 3.27. The Bertz CT molecular complexity index is 300. The van der Waals surface area contributed by atoms with Crippen LogP contribution < -0.4 is 10.6 Å². The van der Waals surface area contributed by atoms with Crippen molar-refractivity contribution in [1.29, 1.82) is 0 Å². The zero-order chi connectivity index (χ0) is 19.6. The lowest BCUT2D eigenvalue weighted by Crippen LogP contribution is -2.35. The zero-order valence-corrected chi connectivity index (χ0v) is 17.8. The summed E-state index contributed by atoms with van der Waals surface area (Å²) in [5, 5.41) is 6.66. The molecule has 0 spiro atoms. The third kappa shape index (κ3) is 14.4. The van der Waals surface area contributed by atoms with Gasteiger partial charge in [0.1, 0.15) is 12.6 Å². The highest BCUT2D eigenvalue weighted by Gasteiger charge is 2.10. The monoisotopic (exact) mass is 368 g/mol. The lowest BCUT2D eigenvalue weighted by Gasteiger charge is -2.15. The molecule has 0 aromatic carbocycles. The minimum absolute atomic E-state index is 0.0138. The highest BCUT2D eigenvalue weighted by Crippen LogP contribution is 2.10. The van der Waals surface area contributed by atoms with Crippen molar-refractivity contribution in [2.45, 2.75) is 104 Å². The first-order chi connectivity index (χ1) is 12.5. The summed E-state index contributed by atoms with van der Waals surface area (Å²) in [4.78, 5) is 21.8. The molecular formula is C22H44N2O2. The minimum Gasteiger partial charge on any atom is -0.308 e. The quantitative estimate of drug-likeness (QED) is 0.260. The van der Waals surface area contributed by atoms with E-state index in [1.165, 1.54) is 64.2 Å². The Morgan fingerprint density at radius 1 is 0.538 bits per heavy atom. The van der Waals surface area contributed by atoms with Gasteiger partial charge in [0, 0.05) is 0 Å². The summed E-state index contributed by atoms with van der Waals surface area (Å²) < 4.78 is 0. The summed E-state index contributed by atoms with van der Waals surface area (Å²) in [5.41, 5.74) is 0. The van der Waals surface area contributed by atoms with Gasteiger partial charge in [-0.3, -0.25) is 0 Å². The van der Waals surface area contributed by atoms with Gasteiger partial charge in [-0.2, -0.15) is 0 Å². The van der Waals surface area contributed by atoms with Crippen LogP contribution in [0.25, 0.3) is 0 Å². The first-order valence-electron chi connectivity index (χ1n) is 10.9. The summed E-state index contributed by atoms with van der Waals surface area (Å²) in [5.74, 6) is 0.759. The van der Waals surface area contributed by atoms with Crippen molar-refractivity contribution in [2.24, 2.45) is 11.8 Å². The number of rotatable bonds is 19. The van der Waals surface area contributed by atoms with Crippen molar-refractivity contribution in [2.75, 3.05) is 13.1 Å². The summed E-state index contributed by atoms with van der Waals surface area (Å²) >= 11 is 0. The van der Waals surface area contributed by atoms with Crippen molar-refractivity contribution in [3.63, 3.8) is 0 Å². The predicted molar refractivity (Wildman–Crippen MR) is 112 cm³/mol. The van der Waals surface area contributed by atoms with Crippen molar-refractivity contribution in [1.82, 2.24) is 10.6 Å². The SMILES string of the molecule is CC(C)C(C=O)NCCCCCCCCCCCCNC(C=O)C(C)C. The smallest absolute Gasteiger partial charge is 0.137 e. The van der Waals surface area contributed by atoms with Gasteiger partial charge in [-0.1, -0.05) is 79.1 Å². The fraction of sp³-hybridized carbons (Fsp3) is 0.909. The Morgan fingerprint density at radius 3 is 1.04 bits per heavy atom. The number of hydrogen-bond donors (Lipinski definition) is 2. The number of carbonyl (C=O) groups excluding carboxylic acids is 2. The average molecular weight is 369 g/mol. The van der Waals surface area contributed by atoms with Crippen LogP contribution in [0.3, 0.4) is 0 Å². The molecule has 0 fully saturated rings. The van der Waals surface area contributed by atoms with Gasteiger partial charge in [-0.05, 0) is 37.8 Å². The molecule has 0 aliphatic carbocycles. The fourth-order valence-electron chi connectivity index (χ4n) is 3.08. The van der Waals surface area contributed by atoms with Gasteiger partial charge >= 0.3 is 0 Å². The van der Waals surface area contributed by atoms with Gasteiger partial charge in [0.05, 0.1) is 12.1 Å². The number of carbonyl (C=O) groups is 2. The van der Waals surface area contributed by atoms with E-state index in [1.54, 1.807) is 0 Å². The van der Waals surface area contributed by atoms with Crippen LogP contribution in [0, 0.1) is 11.8 Å². The van der Waals surface area contributed by atoms with Crippen LogP contribution in [0.1, 0.15) is 91.9 Å². The summed E-state index contributed by atoms with van der Waals surface area (Å²) in [6.07, 6.45) is 14.9. The molecule has 0 amide bonds. The predicted octanol–water partition coefficient (Wildman–Crippen LogP) is 4.51. The molecule has 2 N–H and O–H groups in total. The van der Waals surface area contributed by atoms with Crippen molar-refractivity contribution >= 4 is 12.6 Å². The summed E-state index contributed by atoms with van der Waals surface area (Å²) in [7, 11) is 0. The Kier molecular flexibility index (Phi) is 17.2. The fourth-order valence-corrected chi connectivity index (χ4v) is 3.08. The molecule has 4 nitrogen and oxygen atoms in total. The molecule has 0 heterocycles. The van der Waals surface area contributed by atoms with E-state index in [0.29, 0.717) is 11.8 Å². The van der Waals surface area contributed by atoms with Gasteiger partial charge in [0.25, 0.3) is 0 Å². The molecule has 0 aliphatic heterocycles. The van der Waals surface area contributed by atoms with E-state index in [2.05, 4.69) is 38.3 Å². The van der Waals surface area contributed by atoms with Crippen molar-refractivity contribution in [3.8, 4) is 0 Å². The molecule has 2 atom stereocenters. The van der Waals surface area contributed by atoms with E-state index in [1.807, 2.05) is 0 Å². The lowest BCUT2D eigenvalue weighted by molar-refractivity contribution is -0.111. The van der Waals surface area contributed by atoms with Crippen LogP contribution in [0.4, 0.5) is 0 Å². The Morgan fingerprint density at radius 2 is 0.808 bits per heavy atom. The van der Waals surface area contributed by atoms with Crippen molar-refractivity contribution in [3.05, 3.63) is 0 Å². The van der Waals surface area contributed by atoms with Crippen LogP contribution in [-0.4, -0.2) is 37.7 Å². The second-order valence-corrected chi connectivity index (χ2v) is 8.26.